The predicted molar refractivity (Wildman–Crippen MR) is 79.9 cm³/mol. The fourth-order valence-electron chi connectivity index (χ4n) is 2.35. The zero-order valence-electron chi connectivity index (χ0n) is 12.1. The number of piperidine rings is 1. The fraction of sp³-hybridized carbons (Fsp3) is 0.500. The SMILES string of the molecule is CC(=O)NCc1ccc(S(=O)(=O)N2CCC[C@@H](N)C2)cc1. The Bertz CT molecular complexity index is 598. The predicted octanol–water partition coefficient (Wildman–Crippen LogP) is 0.435. The van der Waals surface area contributed by atoms with Crippen molar-refractivity contribution < 1.29 is 13.2 Å². The molecule has 6 nitrogen and oxygen atoms in total. The molecule has 1 aliphatic rings. The zero-order chi connectivity index (χ0) is 15.5. The van der Waals surface area contributed by atoms with Crippen molar-refractivity contribution in [1.82, 2.24) is 9.62 Å². The molecule has 1 aliphatic heterocycles. The molecule has 1 amide bonds. The van der Waals surface area contributed by atoms with E-state index < -0.39 is 10.0 Å². The summed E-state index contributed by atoms with van der Waals surface area (Å²) in [5.41, 5.74) is 6.71. The van der Waals surface area contributed by atoms with Crippen LogP contribution in [0.25, 0.3) is 0 Å². The second-order valence-electron chi connectivity index (χ2n) is 5.32. The smallest absolute Gasteiger partial charge is 0.243 e. The number of carbonyl (C=O) groups excluding carboxylic acids is 1. The Hall–Kier alpha value is -1.44. The van der Waals surface area contributed by atoms with E-state index in [2.05, 4.69) is 5.32 Å². The van der Waals surface area contributed by atoms with Crippen LogP contribution in [0.2, 0.25) is 0 Å². The number of nitrogens with one attached hydrogen (secondary N) is 1. The van der Waals surface area contributed by atoms with Crippen molar-refractivity contribution in [1.29, 1.82) is 0 Å². The summed E-state index contributed by atoms with van der Waals surface area (Å²) < 4.78 is 26.5. The molecule has 3 N–H and O–H groups in total. The monoisotopic (exact) mass is 311 g/mol. The molecule has 0 saturated carbocycles. The van der Waals surface area contributed by atoms with Gasteiger partial charge in [-0.25, -0.2) is 8.42 Å². The molecular weight excluding hydrogens is 290 g/mol. The lowest BCUT2D eigenvalue weighted by Crippen LogP contribution is -2.45. The molecule has 0 bridgehead atoms. The molecule has 1 aromatic rings. The molecule has 1 atom stereocenters. The summed E-state index contributed by atoms with van der Waals surface area (Å²) in [6.07, 6.45) is 1.66. The number of hydrogen-bond acceptors (Lipinski definition) is 4. The Morgan fingerprint density at radius 2 is 2.05 bits per heavy atom. The molecule has 0 unspecified atom stereocenters. The maximum atomic E-state index is 12.5. The Balaban J connectivity index is 2.11. The van der Waals surface area contributed by atoms with Crippen LogP contribution in [0, 0.1) is 0 Å². The summed E-state index contributed by atoms with van der Waals surface area (Å²) in [4.78, 5) is 11.1. The van der Waals surface area contributed by atoms with Crippen molar-refractivity contribution in [2.75, 3.05) is 13.1 Å². The summed E-state index contributed by atoms with van der Waals surface area (Å²) >= 11 is 0. The second-order valence-corrected chi connectivity index (χ2v) is 7.26. The molecule has 0 aromatic heterocycles. The van der Waals surface area contributed by atoms with Crippen LogP contribution >= 0.6 is 0 Å². The van der Waals surface area contributed by atoms with E-state index in [1.807, 2.05) is 0 Å². The molecule has 1 heterocycles. The number of carbonyl (C=O) groups is 1. The zero-order valence-corrected chi connectivity index (χ0v) is 12.9. The van der Waals surface area contributed by atoms with Crippen molar-refractivity contribution in [3.05, 3.63) is 29.8 Å². The first-order chi connectivity index (χ1) is 9.89. The van der Waals surface area contributed by atoms with Gasteiger partial charge in [0.25, 0.3) is 0 Å². The highest BCUT2D eigenvalue weighted by molar-refractivity contribution is 7.89. The van der Waals surface area contributed by atoms with Crippen molar-refractivity contribution in [3.8, 4) is 0 Å². The van der Waals surface area contributed by atoms with E-state index in [0.29, 0.717) is 19.6 Å². The number of amides is 1. The summed E-state index contributed by atoms with van der Waals surface area (Å²) in [7, 11) is -3.48. The summed E-state index contributed by atoms with van der Waals surface area (Å²) in [6.45, 7) is 2.72. The van der Waals surface area contributed by atoms with Crippen LogP contribution in [0.4, 0.5) is 0 Å². The molecule has 0 aliphatic carbocycles. The van der Waals surface area contributed by atoms with Crippen molar-refractivity contribution in [2.45, 2.75) is 37.2 Å². The van der Waals surface area contributed by atoms with Crippen LogP contribution in [-0.2, 0) is 21.4 Å². The number of sulfonamides is 1. The first kappa shape index (κ1) is 15.9. The van der Waals surface area contributed by atoms with E-state index in [1.54, 1.807) is 24.3 Å². The minimum absolute atomic E-state index is 0.0902. The van der Waals surface area contributed by atoms with Crippen LogP contribution in [0.3, 0.4) is 0 Å². The molecule has 116 valence electrons. The van der Waals surface area contributed by atoms with Crippen molar-refractivity contribution in [2.24, 2.45) is 5.73 Å². The van der Waals surface area contributed by atoms with Crippen LogP contribution in [0.1, 0.15) is 25.3 Å². The molecule has 0 spiro atoms. The van der Waals surface area contributed by atoms with Gasteiger partial charge < -0.3 is 11.1 Å². The Labute approximate surface area is 125 Å². The van der Waals surface area contributed by atoms with E-state index in [1.165, 1.54) is 11.2 Å². The third-order valence-electron chi connectivity index (χ3n) is 3.52. The average Bonchev–Trinajstić information content (AvgIpc) is 2.45. The number of hydrogen-bond donors (Lipinski definition) is 2. The molecule has 1 saturated heterocycles. The molecule has 7 heteroatoms. The van der Waals surface area contributed by atoms with Gasteiger partial charge in [-0.05, 0) is 30.5 Å². The fourth-order valence-corrected chi connectivity index (χ4v) is 3.88. The van der Waals surface area contributed by atoms with Crippen LogP contribution in [0.15, 0.2) is 29.2 Å². The van der Waals surface area contributed by atoms with Gasteiger partial charge in [-0.15, -0.1) is 0 Å². The van der Waals surface area contributed by atoms with Crippen molar-refractivity contribution >= 4 is 15.9 Å². The van der Waals surface area contributed by atoms with E-state index in [9.17, 15) is 13.2 Å². The third kappa shape index (κ3) is 4.03. The normalized spacial score (nSPS) is 20.2. The number of nitrogens with zero attached hydrogens (tertiary/aromatic N) is 1. The molecule has 0 radical (unpaired) electrons. The Kier molecular flexibility index (Phi) is 4.97. The highest BCUT2D eigenvalue weighted by Gasteiger charge is 2.28. The summed E-state index contributed by atoms with van der Waals surface area (Å²) in [5, 5.41) is 2.67. The van der Waals surface area contributed by atoms with Gasteiger partial charge in [0.15, 0.2) is 0 Å². The molecule has 21 heavy (non-hydrogen) atoms. The topological polar surface area (TPSA) is 92.5 Å². The first-order valence-electron chi connectivity index (χ1n) is 6.98. The molecule has 2 rings (SSSR count). The maximum absolute atomic E-state index is 12.5. The minimum atomic E-state index is -3.48. The quantitative estimate of drug-likeness (QED) is 0.843. The maximum Gasteiger partial charge on any atom is 0.243 e. The van der Waals surface area contributed by atoms with Gasteiger partial charge in [0.2, 0.25) is 15.9 Å². The average molecular weight is 311 g/mol. The minimum Gasteiger partial charge on any atom is -0.352 e. The number of rotatable bonds is 4. The van der Waals surface area contributed by atoms with E-state index in [0.717, 1.165) is 18.4 Å². The van der Waals surface area contributed by atoms with Gasteiger partial charge in [0.1, 0.15) is 0 Å². The largest absolute Gasteiger partial charge is 0.352 e. The van der Waals surface area contributed by atoms with Gasteiger partial charge in [0, 0.05) is 32.6 Å². The summed E-state index contributed by atoms with van der Waals surface area (Å²) in [5.74, 6) is -0.117. The van der Waals surface area contributed by atoms with Gasteiger partial charge in [-0.2, -0.15) is 4.31 Å². The molecule has 1 fully saturated rings. The number of nitrogens with two attached hydrogens (primary N) is 1. The lowest BCUT2D eigenvalue weighted by molar-refractivity contribution is -0.119. The van der Waals surface area contributed by atoms with Crippen molar-refractivity contribution in [3.63, 3.8) is 0 Å². The lowest BCUT2D eigenvalue weighted by Gasteiger charge is -2.29. The van der Waals surface area contributed by atoms with E-state index in [-0.39, 0.29) is 16.8 Å². The molecular formula is C14H21N3O3S. The van der Waals surface area contributed by atoms with E-state index in [4.69, 9.17) is 5.73 Å². The van der Waals surface area contributed by atoms with Gasteiger partial charge >= 0.3 is 0 Å². The standard InChI is InChI=1S/C14H21N3O3S/c1-11(18)16-9-12-4-6-14(7-5-12)21(19,20)17-8-2-3-13(15)10-17/h4-7,13H,2-3,8-10,15H2,1H3,(H,16,18)/t13-/m1/s1. The Morgan fingerprint density at radius 1 is 1.38 bits per heavy atom. The Morgan fingerprint density at radius 3 is 2.62 bits per heavy atom. The molecule has 1 aromatic carbocycles. The van der Waals surface area contributed by atoms with Gasteiger partial charge in [-0.3, -0.25) is 4.79 Å². The third-order valence-corrected chi connectivity index (χ3v) is 5.40. The first-order valence-corrected chi connectivity index (χ1v) is 8.42. The second kappa shape index (κ2) is 6.55. The van der Waals surface area contributed by atoms with Gasteiger partial charge in [-0.1, -0.05) is 12.1 Å². The van der Waals surface area contributed by atoms with Gasteiger partial charge in [0.05, 0.1) is 4.90 Å². The van der Waals surface area contributed by atoms with Crippen LogP contribution in [-0.4, -0.2) is 37.8 Å². The van der Waals surface area contributed by atoms with Crippen LogP contribution in [0.5, 0.6) is 0 Å². The lowest BCUT2D eigenvalue weighted by atomic mass is 10.1. The number of benzene rings is 1. The van der Waals surface area contributed by atoms with E-state index >= 15 is 0 Å². The summed E-state index contributed by atoms with van der Waals surface area (Å²) in [6, 6.07) is 6.49. The highest BCUT2D eigenvalue weighted by Crippen LogP contribution is 2.20. The van der Waals surface area contributed by atoms with Crippen LogP contribution < -0.4 is 11.1 Å². The highest BCUT2D eigenvalue weighted by atomic mass is 32.2.